The molecule has 0 saturated heterocycles. The van der Waals surface area contributed by atoms with Gasteiger partial charge in [0.05, 0.1) is 0 Å². The van der Waals surface area contributed by atoms with Gasteiger partial charge in [0.1, 0.15) is 5.82 Å². The first-order chi connectivity index (χ1) is 7.24. The molecular formula is C12H23N3. The van der Waals surface area contributed by atoms with Gasteiger partial charge < -0.3 is 9.88 Å². The number of rotatable bonds is 6. The third-order valence-corrected chi connectivity index (χ3v) is 2.99. The van der Waals surface area contributed by atoms with Gasteiger partial charge in [-0.2, -0.15) is 0 Å². The van der Waals surface area contributed by atoms with Crippen LogP contribution in [-0.2, 0) is 6.54 Å². The number of imidazole rings is 1. The van der Waals surface area contributed by atoms with E-state index in [1.165, 1.54) is 5.82 Å². The van der Waals surface area contributed by atoms with E-state index in [1.807, 2.05) is 6.20 Å². The Hall–Kier alpha value is -0.830. The number of hydrogen-bond donors (Lipinski definition) is 1. The monoisotopic (exact) mass is 209 g/mol. The van der Waals surface area contributed by atoms with Crippen molar-refractivity contribution in [2.24, 2.45) is 0 Å². The quantitative estimate of drug-likeness (QED) is 0.779. The summed E-state index contributed by atoms with van der Waals surface area (Å²) in [6, 6.07) is 0.493. The van der Waals surface area contributed by atoms with Crippen molar-refractivity contribution in [1.82, 2.24) is 14.9 Å². The van der Waals surface area contributed by atoms with Gasteiger partial charge in [-0.3, -0.25) is 0 Å². The molecule has 86 valence electrons. The largest absolute Gasteiger partial charge is 0.335 e. The zero-order chi connectivity index (χ0) is 11.3. The molecule has 0 spiro atoms. The zero-order valence-electron chi connectivity index (χ0n) is 10.3. The van der Waals surface area contributed by atoms with Crippen molar-refractivity contribution < 1.29 is 0 Å². The lowest BCUT2D eigenvalue weighted by molar-refractivity contribution is 0.431. The normalized spacial score (nSPS) is 15.2. The summed E-state index contributed by atoms with van der Waals surface area (Å²) < 4.78 is 2.24. The minimum atomic E-state index is 0.493. The molecule has 0 aliphatic heterocycles. The summed E-state index contributed by atoms with van der Waals surface area (Å²) >= 11 is 0. The van der Waals surface area contributed by atoms with Gasteiger partial charge in [-0.25, -0.2) is 4.98 Å². The van der Waals surface area contributed by atoms with E-state index >= 15 is 0 Å². The lowest BCUT2D eigenvalue weighted by atomic mass is 9.97. The van der Waals surface area contributed by atoms with Crippen LogP contribution >= 0.6 is 0 Å². The minimum absolute atomic E-state index is 0.493. The Morgan fingerprint density at radius 1 is 1.40 bits per heavy atom. The van der Waals surface area contributed by atoms with Gasteiger partial charge in [-0.05, 0) is 26.8 Å². The Bertz CT molecular complexity index is 280. The van der Waals surface area contributed by atoms with Gasteiger partial charge >= 0.3 is 0 Å². The molecule has 1 aromatic heterocycles. The summed E-state index contributed by atoms with van der Waals surface area (Å²) in [5.74, 6) is 1.73. The fraction of sp³-hybridized carbons (Fsp3) is 0.750. The van der Waals surface area contributed by atoms with Crippen molar-refractivity contribution in [3.05, 3.63) is 18.2 Å². The molecule has 3 heteroatoms. The molecule has 15 heavy (non-hydrogen) atoms. The molecule has 0 aromatic carbocycles. The molecule has 1 aromatic rings. The molecule has 0 amide bonds. The molecule has 0 bridgehead atoms. The van der Waals surface area contributed by atoms with E-state index in [0.717, 1.165) is 19.5 Å². The van der Waals surface area contributed by atoms with E-state index in [-0.39, 0.29) is 0 Å². The number of aryl methyl sites for hydroxylation is 1. The van der Waals surface area contributed by atoms with E-state index < -0.39 is 0 Å². The minimum Gasteiger partial charge on any atom is -0.335 e. The van der Waals surface area contributed by atoms with Gasteiger partial charge in [0.2, 0.25) is 0 Å². The summed E-state index contributed by atoms with van der Waals surface area (Å²) in [6.45, 7) is 10.8. The molecule has 0 aliphatic carbocycles. The first kappa shape index (κ1) is 12.2. The number of hydrogen-bond acceptors (Lipinski definition) is 2. The maximum Gasteiger partial charge on any atom is 0.113 e. The van der Waals surface area contributed by atoms with Crippen molar-refractivity contribution in [2.75, 3.05) is 6.54 Å². The molecule has 2 atom stereocenters. The number of aromatic nitrogens is 2. The standard InChI is InChI=1S/C12H23N3/c1-5-11(10(4)13-6-2)12-14-8-9-15(12)7-3/h8-11,13H,5-7H2,1-4H3. The summed E-state index contributed by atoms with van der Waals surface area (Å²) in [6.07, 6.45) is 5.10. The van der Waals surface area contributed by atoms with Crippen molar-refractivity contribution >= 4 is 0 Å². The van der Waals surface area contributed by atoms with Crippen LogP contribution in [0.4, 0.5) is 0 Å². The summed E-state index contributed by atoms with van der Waals surface area (Å²) in [4.78, 5) is 4.48. The maximum atomic E-state index is 4.48. The second kappa shape index (κ2) is 5.91. The van der Waals surface area contributed by atoms with E-state index in [0.29, 0.717) is 12.0 Å². The Labute approximate surface area is 92.9 Å². The van der Waals surface area contributed by atoms with Crippen molar-refractivity contribution in [3.8, 4) is 0 Å². The van der Waals surface area contributed by atoms with E-state index in [4.69, 9.17) is 0 Å². The van der Waals surface area contributed by atoms with Crippen LogP contribution in [0, 0.1) is 0 Å². The van der Waals surface area contributed by atoms with E-state index in [2.05, 4.69) is 48.8 Å². The van der Waals surface area contributed by atoms with Gasteiger partial charge in [0.25, 0.3) is 0 Å². The zero-order valence-corrected chi connectivity index (χ0v) is 10.3. The second-order valence-electron chi connectivity index (χ2n) is 3.93. The van der Waals surface area contributed by atoms with Crippen LogP contribution in [0.1, 0.15) is 45.9 Å². The molecule has 0 saturated carbocycles. The number of nitrogens with zero attached hydrogens (tertiary/aromatic N) is 2. The third-order valence-electron chi connectivity index (χ3n) is 2.99. The van der Waals surface area contributed by atoms with Crippen molar-refractivity contribution in [3.63, 3.8) is 0 Å². The smallest absolute Gasteiger partial charge is 0.113 e. The molecule has 0 aliphatic rings. The van der Waals surface area contributed by atoms with Crippen LogP contribution < -0.4 is 5.32 Å². The summed E-state index contributed by atoms with van der Waals surface area (Å²) in [7, 11) is 0. The lowest BCUT2D eigenvalue weighted by Gasteiger charge is -2.23. The van der Waals surface area contributed by atoms with Crippen LogP contribution in [0.3, 0.4) is 0 Å². The average Bonchev–Trinajstić information content (AvgIpc) is 2.67. The van der Waals surface area contributed by atoms with E-state index in [9.17, 15) is 0 Å². The Kier molecular flexibility index (Phi) is 4.82. The van der Waals surface area contributed by atoms with Gasteiger partial charge in [0, 0.05) is 30.9 Å². The fourth-order valence-corrected chi connectivity index (χ4v) is 2.14. The lowest BCUT2D eigenvalue weighted by Crippen LogP contribution is -2.33. The molecule has 1 rings (SSSR count). The highest BCUT2D eigenvalue weighted by Gasteiger charge is 2.20. The SMILES string of the molecule is CCNC(C)C(CC)c1nccn1CC. The fourth-order valence-electron chi connectivity index (χ4n) is 2.14. The van der Waals surface area contributed by atoms with Gasteiger partial charge in [-0.15, -0.1) is 0 Å². The molecule has 2 unspecified atom stereocenters. The molecule has 3 nitrogen and oxygen atoms in total. The van der Waals surface area contributed by atoms with Crippen LogP contribution in [0.2, 0.25) is 0 Å². The maximum absolute atomic E-state index is 4.48. The average molecular weight is 209 g/mol. The van der Waals surface area contributed by atoms with Crippen LogP contribution in [0.25, 0.3) is 0 Å². The molecule has 1 N–H and O–H groups in total. The van der Waals surface area contributed by atoms with Crippen molar-refractivity contribution in [1.29, 1.82) is 0 Å². The number of likely N-dealkylation sites (N-methyl/N-ethyl adjacent to an activating group) is 1. The summed E-state index contributed by atoms with van der Waals surface area (Å²) in [5, 5.41) is 3.48. The first-order valence-corrected chi connectivity index (χ1v) is 5.98. The van der Waals surface area contributed by atoms with E-state index in [1.54, 1.807) is 0 Å². The highest BCUT2D eigenvalue weighted by atomic mass is 15.1. The molecule has 0 radical (unpaired) electrons. The topological polar surface area (TPSA) is 29.9 Å². The first-order valence-electron chi connectivity index (χ1n) is 5.98. The predicted molar refractivity (Wildman–Crippen MR) is 64.1 cm³/mol. The Morgan fingerprint density at radius 2 is 2.13 bits per heavy atom. The summed E-state index contributed by atoms with van der Waals surface area (Å²) in [5.41, 5.74) is 0. The number of nitrogens with one attached hydrogen (secondary N) is 1. The Morgan fingerprint density at radius 3 is 2.67 bits per heavy atom. The predicted octanol–water partition coefficient (Wildman–Crippen LogP) is 2.39. The third kappa shape index (κ3) is 2.81. The molecule has 0 fully saturated rings. The Balaban J connectivity index is 2.81. The van der Waals surface area contributed by atoms with Crippen LogP contribution in [0.5, 0.6) is 0 Å². The van der Waals surface area contributed by atoms with Crippen LogP contribution in [0.15, 0.2) is 12.4 Å². The highest BCUT2D eigenvalue weighted by Crippen LogP contribution is 2.21. The molecule has 1 heterocycles. The van der Waals surface area contributed by atoms with Gasteiger partial charge in [0.15, 0.2) is 0 Å². The second-order valence-corrected chi connectivity index (χ2v) is 3.93. The van der Waals surface area contributed by atoms with Gasteiger partial charge in [-0.1, -0.05) is 13.8 Å². The highest BCUT2D eigenvalue weighted by molar-refractivity contribution is 5.03. The van der Waals surface area contributed by atoms with Crippen LogP contribution in [-0.4, -0.2) is 22.1 Å². The molecular weight excluding hydrogens is 186 g/mol. The van der Waals surface area contributed by atoms with Crippen molar-refractivity contribution in [2.45, 2.75) is 52.6 Å².